The van der Waals surface area contributed by atoms with Crippen molar-refractivity contribution in [2.45, 2.75) is 0 Å². The molecule has 0 saturated heterocycles. The van der Waals surface area contributed by atoms with Gasteiger partial charge in [-0.05, 0) is 122 Å². The molecule has 0 fully saturated rings. The lowest BCUT2D eigenvalue weighted by Gasteiger charge is -2.26. The summed E-state index contributed by atoms with van der Waals surface area (Å²) >= 11 is 0. The van der Waals surface area contributed by atoms with Gasteiger partial charge >= 0.3 is 0 Å². The van der Waals surface area contributed by atoms with E-state index in [1.54, 1.807) is 0 Å². The Morgan fingerprint density at radius 1 is 0.277 bits per heavy atom. The Bertz CT molecular complexity index is 3870. The monoisotopic (exact) mass is 828 g/mol. The van der Waals surface area contributed by atoms with Crippen molar-refractivity contribution < 1.29 is 4.42 Å². The van der Waals surface area contributed by atoms with Crippen LogP contribution in [-0.4, -0.2) is 4.57 Å². The predicted octanol–water partition coefficient (Wildman–Crippen LogP) is 17.5. The zero-order valence-corrected chi connectivity index (χ0v) is 35.4. The van der Waals surface area contributed by atoms with Gasteiger partial charge in [0.25, 0.3) is 0 Å². The van der Waals surface area contributed by atoms with Gasteiger partial charge in [-0.25, -0.2) is 0 Å². The number of rotatable bonds is 7. The molecule has 0 N–H and O–H groups in total. The van der Waals surface area contributed by atoms with Gasteiger partial charge in [-0.15, -0.1) is 0 Å². The first-order valence-electron chi connectivity index (χ1n) is 22.2. The van der Waals surface area contributed by atoms with Gasteiger partial charge in [0.15, 0.2) is 0 Å². The first-order valence-corrected chi connectivity index (χ1v) is 22.2. The second-order valence-electron chi connectivity index (χ2n) is 16.8. The van der Waals surface area contributed by atoms with E-state index in [0.717, 1.165) is 44.7 Å². The summed E-state index contributed by atoms with van der Waals surface area (Å²) < 4.78 is 9.08. The third kappa shape index (κ3) is 6.05. The van der Waals surface area contributed by atoms with Gasteiger partial charge in [-0.3, -0.25) is 0 Å². The number of anilines is 3. The highest BCUT2D eigenvalue weighted by Crippen LogP contribution is 2.46. The number of aromatic nitrogens is 1. The van der Waals surface area contributed by atoms with Crippen LogP contribution in [0.3, 0.4) is 0 Å². The third-order valence-electron chi connectivity index (χ3n) is 13.2. The molecule has 0 unspecified atom stereocenters. The molecule has 0 atom stereocenters. The van der Waals surface area contributed by atoms with Crippen molar-refractivity contribution >= 4 is 82.4 Å². The molecule has 0 spiro atoms. The number of hydrogen-bond acceptors (Lipinski definition) is 2. The van der Waals surface area contributed by atoms with Crippen molar-refractivity contribution in [1.29, 1.82) is 0 Å². The maximum absolute atomic E-state index is 6.71. The highest BCUT2D eigenvalue weighted by molar-refractivity contribution is 6.21. The van der Waals surface area contributed by atoms with Crippen LogP contribution in [0.5, 0.6) is 0 Å². The number of hydrogen-bond donors (Lipinski definition) is 0. The van der Waals surface area contributed by atoms with Crippen LogP contribution in [0, 0.1) is 0 Å². The highest BCUT2D eigenvalue weighted by atomic mass is 16.3. The molecule has 3 heteroatoms. The molecule has 0 bridgehead atoms. The second kappa shape index (κ2) is 15.0. The fourth-order valence-electron chi connectivity index (χ4n) is 10.2. The van der Waals surface area contributed by atoms with E-state index in [4.69, 9.17) is 4.42 Å². The summed E-state index contributed by atoms with van der Waals surface area (Å²) in [5.41, 5.74) is 15.5. The first kappa shape index (κ1) is 36.9. The van der Waals surface area contributed by atoms with Crippen LogP contribution in [0.25, 0.3) is 104 Å². The maximum Gasteiger partial charge on any atom is 0.137 e. The number of nitrogens with zero attached hydrogens (tertiary/aromatic N) is 2. The van der Waals surface area contributed by atoms with Crippen molar-refractivity contribution in [3.05, 3.63) is 243 Å². The van der Waals surface area contributed by atoms with Gasteiger partial charge in [-0.2, -0.15) is 0 Å². The van der Waals surface area contributed by atoms with Gasteiger partial charge in [0.2, 0.25) is 0 Å². The molecule has 0 aliphatic rings. The summed E-state index contributed by atoms with van der Waals surface area (Å²) in [5.74, 6) is 0. The molecule has 0 aliphatic carbocycles. The smallest absolute Gasteiger partial charge is 0.137 e. The van der Waals surface area contributed by atoms with E-state index >= 15 is 0 Å². The van der Waals surface area contributed by atoms with Crippen molar-refractivity contribution in [1.82, 2.24) is 4.57 Å². The summed E-state index contributed by atoms with van der Waals surface area (Å²) in [6.45, 7) is 0. The molecule has 65 heavy (non-hydrogen) atoms. The lowest BCUT2D eigenvalue weighted by Crippen LogP contribution is -2.09. The molecule has 11 aromatic carbocycles. The molecule has 2 heterocycles. The fourth-order valence-corrected chi connectivity index (χ4v) is 10.2. The van der Waals surface area contributed by atoms with Gasteiger partial charge in [-0.1, -0.05) is 170 Å². The Kier molecular flexibility index (Phi) is 8.53. The lowest BCUT2D eigenvalue weighted by molar-refractivity contribution is 0.669. The Morgan fingerprint density at radius 3 is 1.31 bits per heavy atom. The molecule has 0 radical (unpaired) electrons. The predicted molar refractivity (Wildman–Crippen MR) is 274 cm³/mol. The lowest BCUT2D eigenvalue weighted by atomic mass is 9.85. The quantitative estimate of drug-likeness (QED) is 0.149. The first-order chi connectivity index (χ1) is 32.2. The molecule has 3 nitrogen and oxygen atoms in total. The summed E-state index contributed by atoms with van der Waals surface area (Å²) in [6, 6.07) is 87.6. The number of benzene rings is 11. The van der Waals surface area contributed by atoms with Crippen molar-refractivity contribution in [2.75, 3.05) is 4.90 Å². The summed E-state index contributed by atoms with van der Waals surface area (Å²) in [4.78, 5) is 2.34. The minimum atomic E-state index is 0.842. The normalized spacial score (nSPS) is 11.7. The zero-order valence-electron chi connectivity index (χ0n) is 35.4. The van der Waals surface area contributed by atoms with Gasteiger partial charge in [0, 0.05) is 50.4 Å². The van der Waals surface area contributed by atoms with E-state index in [-0.39, 0.29) is 0 Å². The van der Waals surface area contributed by atoms with Crippen LogP contribution in [0.1, 0.15) is 0 Å². The largest absolute Gasteiger partial charge is 0.456 e. The van der Waals surface area contributed by atoms with E-state index in [2.05, 4.69) is 252 Å². The molecular formula is C62H40N2O. The zero-order chi connectivity index (χ0) is 42.8. The van der Waals surface area contributed by atoms with Crippen LogP contribution in [0.2, 0.25) is 0 Å². The summed E-state index contributed by atoms with van der Waals surface area (Å²) in [5, 5.41) is 9.66. The van der Waals surface area contributed by atoms with E-state index in [1.165, 1.54) is 76.7 Å². The Labute approximate surface area is 376 Å². The van der Waals surface area contributed by atoms with Crippen molar-refractivity contribution in [2.24, 2.45) is 0 Å². The van der Waals surface area contributed by atoms with Gasteiger partial charge < -0.3 is 13.9 Å². The standard InChI is InChI=1S/C62H40N2O/c1-3-15-41(16-4-1)42-27-31-45(32-28-42)63(46-33-29-44(30-34-46)62-55-24-10-8-20-50(55)49-19-7-9-23-54(49)61(62)43-17-5-2-6-18-43)48-35-37-53-56-39-47(36-38-59(56)65-60(53)40-48)64-57-25-13-11-21-51(57)52-22-12-14-26-58(52)64/h1-40H. The molecular weight excluding hydrogens is 789 g/mol. The third-order valence-corrected chi connectivity index (χ3v) is 13.2. The van der Waals surface area contributed by atoms with E-state index in [9.17, 15) is 0 Å². The van der Waals surface area contributed by atoms with Gasteiger partial charge in [0.1, 0.15) is 11.2 Å². The van der Waals surface area contributed by atoms with Crippen molar-refractivity contribution in [3.8, 4) is 39.1 Å². The van der Waals surface area contributed by atoms with Crippen LogP contribution < -0.4 is 4.90 Å². The molecule has 304 valence electrons. The molecule has 13 rings (SSSR count). The SMILES string of the molecule is c1ccc(-c2ccc(N(c3ccc(-c4c(-c5ccccc5)c5ccccc5c5ccccc45)cc3)c3ccc4c(c3)oc3ccc(-n5c6ccccc6c6ccccc65)cc34)cc2)cc1. The number of furan rings is 1. The van der Waals surface area contributed by atoms with Crippen LogP contribution in [0.15, 0.2) is 247 Å². The topological polar surface area (TPSA) is 21.3 Å². The van der Waals surface area contributed by atoms with E-state index in [1.807, 2.05) is 0 Å². The van der Waals surface area contributed by atoms with E-state index < -0.39 is 0 Å². The molecule has 13 aromatic rings. The summed E-state index contributed by atoms with van der Waals surface area (Å²) in [6.07, 6.45) is 0. The highest BCUT2D eigenvalue weighted by Gasteiger charge is 2.21. The van der Waals surface area contributed by atoms with Crippen LogP contribution in [0.4, 0.5) is 17.1 Å². The van der Waals surface area contributed by atoms with Crippen molar-refractivity contribution in [3.63, 3.8) is 0 Å². The Hall–Kier alpha value is -8.66. The molecule has 0 saturated carbocycles. The number of fused-ring (bicyclic) bond motifs is 9. The minimum Gasteiger partial charge on any atom is -0.456 e. The van der Waals surface area contributed by atoms with E-state index in [0.29, 0.717) is 0 Å². The Balaban J connectivity index is 0.960. The fraction of sp³-hybridized carbons (Fsp3) is 0. The van der Waals surface area contributed by atoms with Crippen LogP contribution in [-0.2, 0) is 0 Å². The van der Waals surface area contributed by atoms with Gasteiger partial charge in [0.05, 0.1) is 11.0 Å². The minimum absolute atomic E-state index is 0.842. The number of para-hydroxylation sites is 2. The average Bonchev–Trinajstić information content (AvgIpc) is 3.92. The Morgan fingerprint density at radius 2 is 0.723 bits per heavy atom. The second-order valence-corrected chi connectivity index (χ2v) is 16.8. The van der Waals surface area contributed by atoms with Crippen LogP contribution >= 0.6 is 0 Å². The maximum atomic E-state index is 6.71. The summed E-state index contributed by atoms with van der Waals surface area (Å²) in [7, 11) is 0. The average molecular weight is 829 g/mol. The molecule has 0 aliphatic heterocycles. The molecule has 2 aromatic heterocycles. The molecule has 0 amide bonds.